The lowest BCUT2D eigenvalue weighted by Crippen LogP contribution is -2.40. The van der Waals surface area contributed by atoms with Crippen LogP contribution in [0.1, 0.15) is 101 Å². The van der Waals surface area contributed by atoms with Gasteiger partial charge in [-0.25, -0.2) is 8.78 Å². The summed E-state index contributed by atoms with van der Waals surface area (Å²) in [7, 11) is 0. The molecule has 0 amide bonds. The van der Waals surface area contributed by atoms with Gasteiger partial charge in [0.15, 0.2) is 0 Å². The summed E-state index contributed by atoms with van der Waals surface area (Å²) in [4.78, 5) is 2.55. The molecule has 1 unspecified atom stereocenters. The van der Waals surface area contributed by atoms with E-state index in [0.29, 0.717) is 37.8 Å². The SMILES string of the molecule is CC(C)N(CCc1ccccc1)C(C)CCc1c(C2(F)CCCC2)cccc1C1(F)CCCC1. The van der Waals surface area contributed by atoms with E-state index in [9.17, 15) is 0 Å². The van der Waals surface area contributed by atoms with E-state index in [0.717, 1.165) is 68.2 Å². The Labute approximate surface area is 206 Å². The summed E-state index contributed by atoms with van der Waals surface area (Å²) >= 11 is 0. The fraction of sp³-hybridized carbons (Fsp3) is 0.613. The zero-order chi connectivity index (χ0) is 24.2. The van der Waals surface area contributed by atoms with E-state index >= 15 is 8.78 Å². The van der Waals surface area contributed by atoms with Gasteiger partial charge in [0.2, 0.25) is 0 Å². The van der Waals surface area contributed by atoms with Crippen LogP contribution in [0.25, 0.3) is 0 Å². The molecule has 3 heteroatoms. The minimum atomic E-state index is -1.28. The number of rotatable bonds is 10. The molecule has 2 saturated carbocycles. The molecule has 2 aromatic rings. The van der Waals surface area contributed by atoms with Gasteiger partial charge in [-0.05, 0) is 114 Å². The van der Waals surface area contributed by atoms with E-state index in [1.165, 1.54) is 5.56 Å². The van der Waals surface area contributed by atoms with Crippen LogP contribution in [0.4, 0.5) is 8.78 Å². The topological polar surface area (TPSA) is 3.24 Å². The van der Waals surface area contributed by atoms with E-state index in [1.54, 1.807) is 0 Å². The van der Waals surface area contributed by atoms with E-state index in [-0.39, 0.29) is 0 Å². The Bertz CT molecular complexity index is 870. The third kappa shape index (κ3) is 5.56. The first-order chi connectivity index (χ1) is 16.3. The smallest absolute Gasteiger partial charge is 0.136 e. The zero-order valence-corrected chi connectivity index (χ0v) is 21.5. The maximum absolute atomic E-state index is 16.1. The summed E-state index contributed by atoms with van der Waals surface area (Å²) in [5.74, 6) is 0. The van der Waals surface area contributed by atoms with Crippen molar-refractivity contribution < 1.29 is 8.78 Å². The van der Waals surface area contributed by atoms with Crippen LogP contribution in [0.3, 0.4) is 0 Å². The number of nitrogens with zero attached hydrogens (tertiary/aromatic N) is 1. The quantitative estimate of drug-likeness (QED) is 0.339. The highest BCUT2D eigenvalue weighted by Gasteiger charge is 2.42. The lowest BCUT2D eigenvalue weighted by molar-refractivity contribution is 0.152. The van der Waals surface area contributed by atoms with Crippen LogP contribution in [0.5, 0.6) is 0 Å². The van der Waals surface area contributed by atoms with Gasteiger partial charge in [0, 0.05) is 18.6 Å². The Balaban J connectivity index is 1.55. The maximum Gasteiger partial charge on any atom is 0.136 e. The van der Waals surface area contributed by atoms with Crippen molar-refractivity contribution in [1.82, 2.24) is 4.90 Å². The Hall–Kier alpha value is -1.74. The van der Waals surface area contributed by atoms with Gasteiger partial charge in [-0.3, -0.25) is 4.90 Å². The molecule has 186 valence electrons. The molecule has 0 aromatic heterocycles. The first kappa shape index (κ1) is 25.4. The number of benzene rings is 2. The highest BCUT2D eigenvalue weighted by atomic mass is 19.1. The van der Waals surface area contributed by atoms with Crippen LogP contribution >= 0.6 is 0 Å². The molecule has 1 atom stereocenters. The van der Waals surface area contributed by atoms with Gasteiger partial charge in [-0.1, -0.05) is 48.5 Å². The van der Waals surface area contributed by atoms with E-state index < -0.39 is 11.3 Å². The molecule has 2 aliphatic carbocycles. The van der Waals surface area contributed by atoms with E-state index in [4.69, 9.17) is 0 Å². The largest absolute Gasteiger partial charge is 0.298 e. The molecule has 0 spiro atoms. The average Bonchev–Trinajstić information content (AvgIpc) is 3.48. The van der Waals surface area contributed by atoms with Crippen molar-refractivity contribution >= 4 is 0 Å². The van der Waals surface area contributed by atoms with Crippen molar-refractivity contribution in [3.8, 4) is 0 Å². The molecule has 2 aliphatic rings. The predicted molar refractivity (Wildman–Crippen MR) is 139 cm³/mol. The molecule has 2 fully saturated rings. The Morgan fingerprint density at radius 2 is 1.26 bits per heavy atom. The molecule has 0 bridgehead atoms. The lowest BCUT2D eigenvalue weighted by atomic mass is 9.80. The van der Waals surface area contributed by atoms with Crippen LogP contribution in [-0.4, -0.2) is 23.5 Å². The van der Waals surface area contributed by atoms with Gasteiger partial charge in [0.05, 0.1) is 0 Å². The molecule has 0 N–H and O–H groups in total. The van der Waals surface area contributed by atoms with Crippen LogP contribution in [0.15, 0.2) is 48.5 Å². The summed E-state index contributed by atoms with van der Waals surface area (Å²) in [5, 5.41) is 0. The second-order valence-corrected chi connectivity index (χ2v) is 11.1. The molecule has 34 heavy (non-hydrogen) atoms. The first-order valence-corrected chi connectivity index (χ1v) is 13.6. The first-order valence-electron chi connectivity index (χ1n) is 13.6. The summed E-state index contributed by atoms with van der Waals surface area (Å²) in [6.07, 6.45) is 8.71. The van der Waals surface area contributed by atoms with Crippen molar-refractivity contribution in [2.75, 3.05) is 6.54 Å². The molecule has 0 saturated heterocycles. The van der Waals surface area contributed by atoms with Gasteiger partial charge >= 0.3 is 0 Å². The van der Waals surface area contributed by atoms with Gasteiger partial charge in [0.1, 0.15) is 11.3 Å². The third-order valence-corrected chi connectivity index (χ3v) is 8.48. The number of hydrogen-bond acceptors (Lipinski definition) is 1. The second kappa shape index (κ2) is 10.9. The van der Waals surface area contributed by atoms with Crippen molar-refractivity contribution in [3.05, 3.63) is 70.8 Å². The molecule has 0 aliphatic heterocycles. The zero-order valence-electron chi connectivity index (χ0n) is 21.5. The summed E-state index contributed by atoms with van der Waals surface area (Å²) in [5.41, 5.74) is 1.35. The fourth-order valence-electron chi connectivity index (χ4n) is 6.51. The molecule has 0 radical (unpaired) electrons. The standard InChI is InChI=1S/C31H43F2N/c1-24(2)34(23-18-26-12-5-4-6-13-26)25(3)16-17-27-28(30(32)19-7-8-20-30)14-11-15-29(27)31(33)21-9-10-22-31/h4-6,11-15,24-25H,7-10,16-23H2,1-3H3. The second-order valence-electron chi connectivity index (χ2n) is 11.1. The van der Waals surface area contributed by atoms with Gasteiger partial charge < -0.3 is 0 Å². The lowest BCUT2D eigenvalue weighted by Gasteiger charge is -2.34. The normalized spacial score (nSPS) is 20.3. The Morgan fingerprint density at radius 1 is 0.735 bits per heavy atom. The van der Waals surface area contributed by atoms with Gasteiger partial charge in [-0.15, -0.1) is 0 Å². The predicted octanol–water partition coefficient (Wildman–Crippen LogP) is 8.44. The maximum atomic E-state index is 16.1. The van der Waals surface area contributed by atoms with Crippen molar-refractivity contribution in [2.24, 2.45) is 0 Å². The van der Waals surface area contributed by atoms with Crippen LogP contribution < -0.4 is 0 Å². The number of hydrogen-bond donors (Lipinski definition) is 0. The monoisotopic (exact) mass is 467 g/mol. The number of halogens is 2. The summed E-state index contributed by atoms with van der Waals surface area (Å²) in [6.45, 7) is 7.79. The molecular formula is C31H43F2N. The van der Waals surface area contributed by atoms with Crippen LogP contribution in [-0.2, 0) is 24.2 Å². The molecule has 2 aromatic carbocycles. The van der Waals surface area contributed by atoms with Crippen LogP contribution in [0, 0.1) is 0 Å². The molecule has 4 rings (SSSR count). The number of alkyl halides is 2. The molecular weight excluding hydrogens is 424 g/mol. The van der Waals surface area contributed by atoms with Gasteiger partial charge in [0.25, 0.3) is 0 Å². The Kier molecular flexibility index (Phi) is 8.12. The highest BCUT2D eigenvalue weighted by Crippen LogP contribution is 2.49. The third-order valence-electron chi connectivity index (χ3n) is 8.48. The Morgan fingerprint density at radius 3 is 1.76 bits per heavy atom. The molecule has 1 nitrogen and oxygen atoms in total. The van der Waals surface area contributed by atoms with Crippen molar-refractivity contribution in [2.45, 2.75) is 115 Å². The molecule has 0 heterocycles. The minimum absolute atomic E-state index is 0.350. The fourth-order valence-corrected chi connectivity index (χ4v) is 6.51. The highest BCUT2D eigenvalue weighted by molar-refractivity contribution is 5.43. The van der Waals surface area contributed by atoms with Crippen LogP contribution in [0.2, 0.25) is 0 Å². The van der Waals surface area contributed by atoms with Crippen molar-refractivity contribution in [1.29, 1.82) is 0 Å². The van der Waals surface area contributed by atoms with E-state index in [1.807, 2.05) is 18.2 Å². The average molecular weight is 468 g/mol. The summed E-state index contributed by atoms with van der Waals surface area (Å²) < 4.78 is 32.2. The van der Waals surface area contributed by atoms with Gasteiger partial charge in [-0.2, -0.15) is 0 Å². The minimum Gasteiger partial charge on any atom is -0.298 e. The van der Waals surface area contributed by atoms with Crippen molar-refractivity contribution in [3.63, 3.8) is 0 Å². The summed E-state index contributed by atoms with van der Waals surface area (Å²) in [6, 6.07) is 17.3. The van der Waals surface area contributed by atoms with E-state index in [2.05, 4.69) is 56.0 Å².